The Bertz CT molecular complexity index is 803. The van der Waals surface area contributed by atoms with Crippen LogP contribution >= 0.6 is 0 Å². The van der Waals surface area contributed by atoms with E-state index in [0.29, 0.717) is 10.6 Å². The van der Waals surface area contributed by atoms with Crippen molar-refractivity contribution in [1.82, 2.24) is 0 Å². The van der Waals surface area contributed by atoms with Gasteiger partial charge in [-0.2, -0.15) is 0 Å². The molecule has 0 spiro atoms. The monoisotopic (exact) mass is 331 g/mol. The number of anilines is 1. The third-order valence-corrected chi connectivity index (χ3v) is 6.16. The van der Waals surface area contributed by atoms with Crippen LogP contribution in [0.2, 0.25) is 0 Å². The summed E-state index contributed by atoms with van der Waals surface area (Å²) in [7, 11) is -1.99. The summed E-state index contributed by atoms with van der Waals surface area (Å²) in [5, 5.41) is 0. The molecule has 0 aliphatic carbocycles. The number of rotatable bonds is 3. The van der Waals surface area contributed by atoms with Crippen molar-refractivity contribution in [2.24, 2.45) is 0 Å². The van der Waals surface area contributed by atoms with Crippen LogP contribution in [0, 0.1) is 13.8 Å². The molecule has 0 saturated heterocycles. The Morgan fingerprint density at radius 3 is 2.04 bits per heavy atom. The lowest BCUT2D eigenvalue weighted by Crippen LogP contribution is -2.28. The molecule has 0 heterocycles. The molecule has 2 rings (SSSR count). The van der Waals surface area contributed by atoms with E-state index in [9.17, 15) is 8.42 Å². The molecular formula is C19H25NO2S. The quantitative estimate of drug-likeness (QED) is 0.834. The second-order valence-corrected chi connectivity index (χ2v) is 8.91. The number of hydrogen-bond donors (Lipinski definition) is 0. The van der Waals surface area contributed by atoms with Crippen molar-refractivity contribution in [1.29, 1.82) is 0 Å². The van der Waals surface area contributed by atoms with Crippen molar-refractivity contribution in [3.8, 4) is 0 Å². The molecule has 0 aliphatic heterocycles. The van der Waals surface area contributed by atoms with Crippen LogP contribution in [0.25, 0.3) is 0 Å². The third kappa shape index (κ3) is 3.42. The second kappa shape index (κ2) is 6.00. The normalized spacial score (nSPS) is 12.3. The van der Waals surface area contributed by atoms with Gasteiger partial charge >= 0.3 is 0 Å². The summed E-state index contributed by atoms with van der Waals surface area (Å²) >= 11 is 0. The fourth-order valence-electron chi connectivity index (χ4n) is 2.45. The first-order valence-electron chi connectivity index (χ1n) is 7.71. The van der Waals surface area contributed by atoms with E-state index in [2.05, 4.69) is 26.8 Å². The Hall–Kier alpha value is -1.81. The number of hydrogen-bond acceptors (Lipinski definition) is 2. The van der Waals surface area contributed by atoms with Crippen LogP contribution in [0.1, 0.15) is 37.5 Å². The fraction of sp³-hybridized carbons (Fsp3) is 0.368. The van der Waals surface area contributed by atoms with Crippen molar-refractivity contribution >= 4 is 15.7 Å². The third-order valence-electron chi connectivity index (χ3n) is 4.24. The van der Waals surface area contributed by atoms with Crippen LogP contribution in [0.5, 0.6) is 0 Å². The summed E-state index contributed by atoms with van der Waals surface area (Å²) in [6, 6.07) is 13.0. The van der Waals surface area contributed by atoms with Crippen molar-refractivity contribution in [2.45, 2.75) is 44.9 Å². The van der Waals surface area contributed by atoms with Crippen LogP contribution in [0.15, 0.2) is 47.4 Å². The van der Waals surface area contributed by atoms with Gasteiger partial charge in [-0.1, -0.05) is 45.0 Å². The molecule has 4 heteroatoms. The molecule has 0 amide bonds. The van der Waals surface area contributed by atoms with E-state index < -0.39 is 10.0 Å². The average Bonchev–Trinajstić information content (AvgIpc) is 2.48. The Labute approximate surface area is 140 Å². The van der Waals surface area contributed by atoms with Crippen LogP contribution in [0.4, 0.5) is 5.69 Å². The zero-order chi connectivity index (χ0) is 17.4. The molecule has 0 N–H and O–H groups in total. The fourth-order valence-corrected chi connectivity index (χ4v) is 3.97. The Kier molecular flexibility index (Phi) is 4.58. The predicted octanol–water partition coefficient (Wildman–Crippen LogP) is 4.43. The molecule has 0 radical (unpaired) electrons. The number of para-hydroxylation sites is 1. The van der Waals surface area contributed by atoms with E-state index in [-0.39, 0.29) is 5.41 Å². The van der Waals surface area contributed by atoms with E-state index in [0.717, 1.165) is 16.7 Å². The topological polar surface area (TPSA) is 37.4 Å². The SMILES string of the molecule is Cc1cc(C(C)(C)C)cc(S(=O)(=O)N(C)c2ccccc2)c1C. The molecule has 2 aromatic rings. The molecular weight excluding hydrogens is 306 g/mol. The largest absolute Gasteiger partial charge is 0.269 e. The van der Waals surface area contributed by atoms with Gasteiger partial charge in [0, 0.05) is 7.05 Å². The van der Waals surface area contributed by atoms with Crippen molar-refractivity contribution in [3.63, 3.8) is 0 Å². The summed E-state index contributed by atoms with van der Waals surface area (Å²) in [5.41, 5.74) is 3.39. The molecule has 23 heavy (non-hydrogen) atoms. The van der Waals surface area contributed by atoms with Gasteiger partial charge in [0.05, 0.1) is 10.6 Å². The smallest absolute Gasteiger partial charge is 0.264 e. The highest BCUT2D eigenvalue weighted by Crippen LogP contribution is 2.31. The van der Waals surface area contributed by atoms with Crippen molar-refractivity contribution in [3.05, 3.63) is 59.2 Å². The summed E-state index contributed by atoms with van der Waals surface area (Å²) in [6.07, 6.45) is 0. The summed E-state index contributed by atoms with van der Waals surface area (Å²) in [6.45, 7) is 10.1. The lowest BCUT2D eigenvalue weighted by Gasteiger charge is -2.25. The molecule has 0 bridgehead atoms. The van der Waals surface area contributed by atoms with Crippen LogP contribution in [-0.2, 0) is 15.4 Å². The number of nitrogens with zero attached hydrogens (tertiary/aromatic N) is 1. The average molecular weight is 331 g/mol. The standard InChI is InChI=1S/C19H25NO2S/c1-14-12-16(19(3,4)5)13-18(15(14)2)23(21,22)20(6)17-10-8-7-9-11-17/h7-13H,1-6H3. The summed E-state index contributed by atoms with van der Waals surface area (Å²) in [5.74, 6) is 0. The van der Waals surface area contributed by atoms with E-state index in [1.54, 1.807) is 19.2 Å². The Morgan fingerprint density at radius 2 is 1.52 bits per heavy atom. The van der Waals surface area contributed by atoms with Gasteiger partial charge < -0.3 is 0 Å². The second-order valence-electron chi connectivity index (χ2n) is 6.97. The number of sulfonamides is 1. The number of aryl methyl sites for hydroxylation is 1. The van der Waals surface area contributed by atoms with Gasteiger partial charge in [-0.25, -0.2) is 8.42 Å². The zero-order valence-corrected chi connectivity index (χ0v) is 15.5. The first kappa shape index (κ1) is 17.5. The Balaban J connectivity index is 2.62. The molecule has 0 unspecified atom stereocenters. The highest BCUT2D eigenvalue weighted by Gasteiger charge is 2.26. The highest BCUT2D eigenvalue weighted by atomic mass is 32.2. The lowest BCUT2D eigenvalue weighted by atomic mass is 9.85. The van der Waals surface area contributed by atoms with Gasteiger partial charge in [-0.05, 0) is 54.2 Å². The molecule has 0 aromatic heterocycles. The number of benzene rings is 2. The molecule has 0 atom stereocenters. The minimum absolute atomic E-state index is 0.103. The minimum atomic E-state index is -3.59. The van der Waals surface area contributed by atoms with E-state index in [1.165, 1.54) is 4.31 Å². The predicted molar refractivity (Wildman–Crippen MR) is 96.6 cm³/mol. The first-order valence-corrected chi connectivity index (χ1v) is 9.15. The molecule has 3 nitrogen and oxygen atoms in total. The van der Waals surface area contributed by atoms with Crippen molar-refractivity contribution in [2.75, 3.05) is 11.4 Å². The highest BCUT2D eigenvalue weighted by molar-refractivity contribution is 7.92. The lowest BCUT2D eigenvalue weighted by molar-refractivity contribution is 0.581. The molecule has 0 aliphatic rings. The minimum Gasteiger partial charge on any atom is -0.269 e. The maximum Gasteiger partial charge on any atom is 0.264 e. The van der Waals surface area contributed by atoms with Crippen LogP contribution in [0.3, 0.4) is 0 Å². The van der Waals surface area contributed by atoms with Gasteiger partial charge in [0.15, 0.2) is 0 Å². The van der Waals surface area contributed by atoms with E-state index >= 15 is 0 Å². The summed E-state index contributed by atoms with van der Waals surface area (Å²) in [4.78, 5) is 0.383. The molecule has 2 aromatic carbocycles. The van der Waals surface area contributed by atoms with Gasteiger partial charge in [-0.15, -0.1) is 0 Å². The molecule has 124 valence electrons. The van der Waals surface area contributed by atoms with Gasteiger partial charge in [0.1, 0.15) is 0 Å². The zero-order valence-electron chi connectivity index (χ0n) is 14.7. The van der Waals surface area contributed by atoms with Crippen molar-refractivity contribution < 1.29 is 8.42 Å². The van der Waals surface area contributed by atoms with Gasteiger partial charge in [0.25, 0.3) is 10.0 Å². The maximum atomic E-state index is 13.1. The van der Waals surface area contributed by atoms with E-state index in [4.69, 9.17) is 0 Å². The maximum absolute atomic E-state index is 13.1. The first-order chi connectivity index (χ1) is 10.5. The molecule has 0 saturated carbocycles. The molecule has 0 fully saturated rings. The summed E-state index contributed by atoms with van der Waals surface area (Å²) < 4.78 is 27.6. The van der Waals surface area contributed by atoms with Crippen LogP contribution < -0.4 is 4.31 Å². The van der Waals surface area contributed by atoms with Gasteiger partial charge in [0.2, 0.25) is 0 Å². The van der Waals surface area contributed by atoms with Crippen LogP contribution in [-0.4, -0.2) is 15.5 Å². The van der Waals surface area contributed by atoms with Gasteiger partial charge in [-0.3, -0.25) is 4.31 Å². The van der Waals surface area contributed by atoms with E-state index in [1.807, 2.05) is 38.1 Å². The Morgan fingerprint density at radius 1 is 0.957 bits per heavy atom.